The first-order chi connectivity index (χ1) is 9.66. The van der Waals surface area contributed by atoms with E-state index in [4.69, 9.17) is 0 Å². The fraction of sp³-hybridized carbons (Fsp3) is 0.0714. The number of carboxylic acid groups (broad SMARTS) is 1. The lowest BCUT2D eigenvalue weighted by atomic mass is 10.2. The van der Waals surface area contributed by atoms with Gasteiger partial charge in [-0.3, -0.25) is 0 Å². The zero-order valence-corrected chi connectivity index (χ0v) is 11.5. The molecular formula is C14H11N3O2S. The van der Waals surface area contributed by atoms with E-state index in [0.29, 0.717) is 5.69 Å². The van der Waals surface area contributed by atoms with Gasteiger partial charge in [0.05, 0.1) is 10.6 Å². The van der Waals surface area contributed by atoms with Crippen LogP contribution in [0.15, 0.2) is 41.8 Å². The number of thiophene rings is 1. The number of hydrogen-bond donors (Lipinski definition) is 1. The third kappa shape index (κ3) is 2.10. The molecule has 0 fully saturated rings. The summed E-state index contributed by atoms with van der Waals surface area (Å²) in [6.07, 6.45) is 0. The van der Waals surface area contributed by atoms with Crippen molar-refractivity contribution in [1.29, 1.82) is 0 Å². The van der Waals surface area contributed by atoms with Crippen LogP contribution in [0.25, 0.3) is 16.3 Å². The van der Waals surface area contributed by atoms with E-state index in [1.807, 2.05) is 48.7 Å². The fourth-order valence-corrected chi connectivity index (χ4v) is 2.68. The van der Waals surface area contributed by atoms with Crippen LogP contribution in [-0.4, -0.2) is 26.1 Å². The summed E-state index contributed by atoms with van der Waals surface area (Å²) in [4.78, 5) is 12.1. The number of benzene rings is 1. The quantitative estimate of drug-likeness (QED) is 0.803. The predicted octanol–water partition coefficient (Wildman–Crippen LogP) is 3.00. The summed E-state index contributed by atoms with van der Waals surface area (Å²) >= 11 is 1.46. The molecule has 1 aromatic carbocycles. The van der Waals surface area contributed by atoms with Crippen LogP contribution in [0.1, 0.15) is 16.1 Å². The average Bonchev–Trinajstić information content (AvgIpc) is 3.08. The van der Waals surface area contributed by atoms with Crippen molar-refractivity contribution in [2.75, 3.05) is 0 Å². The molecule has 20 heavy (non-hydrogen) atoms. The standard InChI is InChI=1S/C14H11N3O2S/c1-9-4-6-10(7-5-9)17-13(11-3-2-8-20-11)12(14(18)19)15-16-17/h2-8H,1H3,(H,18,19). The lowest BCUT2D eigenvalue weighted by molar-refractivity contribution is 0.0691. The van der Waals surface area contributed by atoms with E-state index in [1.165, 1.54) is 11.3 Å². The first kappa shape index (κ1) is 12.6. The van der Waals surface area contributed by atoms with Crippen LogP contribution < -0.4 is 0 Å². The van der Waals surface area contributed by atoms with Crippen LogP contribution in [0.2, 0.25) is 0 Å². The highest BCUT2D eigenvalue weighted by atomic mass is 32.1. The molecule has 0 unspecified atom stereocenters. The summed E-state index contributed by atoms with van der Waals surface area (Å²) in [5, 5.41) is 18.9. The van der Waals surface area contributed by atoms with Gasteiger partial charge in [-0.1, -0.05) is 29.0 Å². The molecule has 0 saturated heterocycles. The van der Waals surface area contributed by atoms with E-state index < -0.39 is 5.97 Å². The number of rotatable bonds is 3. The first-order valence-corrected chi connectivity index (χ1v) is 6.84. The van der Waals surface area contributed by atoms with E-state index in [2.05, 4.69) is 10.3 Å². The Morgan fingerprint density at radius 1 is 1.25 bits per heavy atom. The topological polar surface area (TPSA) is 68.0 Å². The van der Waals surface area contributed by atoms with Crippen LogP contribution >= 0.6 is 11.3 Å². The molecule has 0 saturated carbocycles. The van der Waals surface area contributed by atoms with E-state index in [1.54, 1.807) is 4.68 Å². The van der Waals surface area contributed by atoms with Gasteiger partial charge in [0.25, 0.3) is 0 Å². The molecule has 2 aromatic heterocycles. The van der Waals surface area contributed by atoms with Gasteiger partial charge in [0.2, 0.25) is 0 Å². The number of hydrogen-bond acceptors (Lipinski definition) is 4. The second-order valence-electron chi connectivity index (χ2n) is 4.32. The van der Waals surface area contributed by atoms with Crippen molar-refractivity contribution < 1.29 is 9.90 Å². The molecule has 0 bridgehead atoms. The second kappa shape index (κ2) is 4.90. The molecule has 3 aromatic rings. The Balaban J connectivity index is 2.21. The molecule has 6 heteroatoms. The highest BCUT2D eigenvalue weighted by molar-refractivity contribution is 7.13. The Labute approximate surface area is 119 Å². The van der Waals surface area contributed by atoms with Crippen molar-refractivity contribution in [3.8, 4) is 16.3 Å². The van der Waals surface area contributed by atoms with Crippen molar-refractivity contribution in [1.82, 2.24) is 15.0 Å². The number of aromatic nitrogens is 3. The maximum Gasteiger partial charge on any atom is 0.358 e. The van der Waals surface area contributed by atoms with E-state index in [9.17, 15) is 9.90 Å². The van der Waals surface area contributed by atoms with Gasteiger partial charge < -0.3 is 5.11 Å². The molecule has 0 amide bonds. The zero-order chi connectivity index (χ0) is 14.1. The lowest BCUT2D eigenvalue weighted by Crippen LogP contribution is -2.02. The average molecular weight is 285 g/mol. The van der Waals surface area contributed by atoms with E-state index in [-0.39, 0.29) is 5.69 Å². The second-order valence-corrected chi connectivity index (χ2v) is 5.26. The van der Waals surface area contributed by atoms with Crippen LogP contribution in [0, 0.1) is 6.92 Å². The van der Waals surface area contributed by atoms with E-state index in [0.717, 1.165) is 16.1 Å². The number of aryl methyl sites for hydroxylation is 1. The Morgan fingerprint density at radius 2 is 2.00 bits per heavy atom. The normalized spacial score (nSPS) is 10.7. The Kier molecular flexibility index (Phi) is 3.08. The fourth-order valence-electron chi connectivity index (χ4n) is 1.93. The monoisotopic (exact) mass is 285 g/mol. The van der Waals surface area contributed by atoms with Crippen molar-refractivity contribution in [2.24, 2.45) is 0 Å². The van der Waals surface area contributed by atoms with Gasteiger partial charge in [0, 0.05) is 0 Å². The Morgan fingerprint density at radius 3 is 2.60 bits per heavy atom. The van der Waals surface area contributed by atoms with Gasteiger partial charge in [-0.05, 0) is 30.5 Å². The predicted molar refractivity (Wildman–Crippen MR) is 76.4 cm³/mol. The van der Waals surface area contributed by atoms with Crippen molar-refractivity contribution >= 4 is 17.3 Å². The summed E-state index contributed by atoms with van der Waals surface area (Å²) in [6, 6.07) is 11.4. The summed E-state index contributed by atoms with van der Waals surface area (Å²) in [5.41, 5.74) is 2.40. The molecule has 0 aliphatic heterocycles. The highest BCUT2D eigenvalue weighted by Crippen LogP contribution is 2.29. The van der Waals surface area contributed by atoms with Gasteiger partial charge in [0.15, 0.2) is 5.69 Å². The van der Waals surface area contributed by atoms with Gasteiger partial charge in [0.1, 0.15) is 5.69 Å². The summed E-state index contributed by atoms with van der Waals surface area (Å²) in [5.74, 6) is -1.08. The van der Waals surface area contributed by atoms with Gasteiger partial charge in [-0.15, -0.1) is 16.4 Å². The summed E-state index contributed by atoms with van der Waals surface area (Å²) in [6.45, 7) is 1.99. The molecule has 0 radical (unpaired) electrons. The highest BCUT2D eigenvalue weighted by Gasteiger charge is 2.22. The van der Waals surface area contributed by atoms with Crippen molar-refractivity contribution in [2.45, 2.75) is 6.92 Å². The Hall–Kier alpha value is -2.47. The minimum absolute atomic E-state index is 0.0342. The first-order valence-electron chi connectivity index (χ1n) is 5.97. The maximum atomic E-state index is 11.3. The molecule has 2 heterocycles. The molecular weight excluding hydrogens is 274 g/mol. The van der Waals surface area contributed by atoms with Gasteiger partial charge >= 0.3 is 5.97 Å². The molecule has 0 atom stereocenters. The lowest BCUT2D eigenvalue weighted by Gasteiger charge is -2.05. The SMILES string of the molecule is Cc1ccc(-n2nnc(C(=O)O)c2-c2cccs2)cc1. The van der Waals surface area contributed by atoms with Crippen LogP contribution in [-0.2, 0) is 0 Å². The largest absolute Gasteiger partial charge is 0.476 e. The number of carbonyl (C=O) groups is 1. The molecule has 5 nitrogen and oxygen atoms in total. The number of aromatic carboxylic acids is 1. The minimum Gasteiger partial charge on any atom is -0.476 e. The zero-order valence-electron chi connectivity index (χ0n) is 10.6. The van der Waals surface area contributed by atoms with Gasteiger partial charge in [-0.25, -0.2) is 9.48 Å². The molecule has 3 rings (SSSR count). The van der Waals surface area contributed by atoms with Gasteiger partial charge in [-0.2, -0.15) is 0 Å². The molecule has 1 N–H and O–H groups in total. The molecule has 0 aliphatic rings. The third-order valence-electron chi connectivity index (χ3n) is 2.91. The number of carboxylic acids is 1. The number of nitrogens with zero attached hydrogens (tertiary/aromatic N) is 3. The maximum absolute atomic E-state index is 11.3. The minimum atomic E-state index is -1.08. The van der Waals surface area contributed by atoms with Crippen LogP contribution in [0.5, 0.6) is 0 Å². The molecule has 100 valence electrons. The third-order valence-corrected chi connectivity index (χ3v) is 3.78. The molecule has 0 spiro atoms. The van der Waals surface area contributed by atoms with Crippen molar-refractivity contribution in [3.63, 3.8) is 0 Å². The van der Waals surface area contributed by atoms with Crippen molar-refractivity contribution in [3.05, 3.63) is 53.0 Å². The summed E-state index contributed by atoms with van der Waals surface area (Å²) in [7, 11) is 0. The summed E-state index contributed by atoms with van der Waals surface area (Å²) < 4.78 is 1.56. The molecule has 0 aliphatic carbocycles. The van der Waals surface area contributed by atoms with E-state index >= 15 is 0 Å². The van der Waals surface area contributed by atoms with Crippen LogP contribution in [0.4, 0.5) is 0 Å². The van der Waals surface area contributed by atoms with Crippen LogP contribution in [0.3, 0.4) is 0 Å². The Bertz CT molecular complexity index is 745. The smallest absolute Gasteiger partial charge is 0.358 e.